The van der Waals surface area contributed by atoms with Gasteiger partial charge in [0.15, 0.2) is 0 Å². The van der Waals surface area contributed by atoms with Crippen LogP contribution < -0.4 is 5.32 Å². The lowest BCUT2D eigenvalue weighted by Gasteiger charge is -2.46. The van der Waals surface area contributed by atoms with E-state index in [1.54, 1.807) is 0 Å². The minimum Gasteiger partial charge on any atom is -0.338 e. The number of amides is 2. The Morgan fingerprint density at radius 1 is 1.32 bits per heavy atom. The van der Waals surface area contributed by atoms with Gasteiger partial charge in [-0.2, -0.15) is 0 Å². The maximum Gasteiger partial charge on any atom is 0.317 e. The number of fused-ring (bicyclic) bond motifs is 1. The average Bonchev–Trinajstić information content (AvgIpc) is 2.37. The van der Waals surface area contributed by atoms with Gasteiger partial charge in [0.05, 0.1) is 0 Å². The van der Waals surface area contributed by atoms with Gasteiger partial charge in [-0.15, -0.1) is 0 Å². The summed E-state index contributed by atoms with van der Waals surface area (Å²) in [6, 6.07) is 9.31. The van der Waals surface area contributed by atoms with Crippen molar-refractivity contribution in [1.29, 1.82) is 0 Å². The van der Waals surface area contributed by atoms with Crippen LogP contribution in [0.15, 0.2) is 24.3 Å². The number of nitrogens with zero attached hydrogens (tertiary/aromatic N) is 2. The van der Waals surface area contributed by atoms with Gasteiger partial charge in [0, 0.05) is 38.8 Å². The van der Waals surface area contributed by atoms with E-state index in [0.717, 1.165) is 32.6 Å². The predicted molar refractivity (Wildman–Crippen MR) is 75.0 cm³/mol. The van der Waals surface area contributed by atoms with E-state index in [9.17, 15) is 4.79 Å². The largest absolute Gasteiger partial charge is 0.338 e. The molecule has 4 heteroatoms. The van der Waals surface area contributed by atoms with Gasteiger partial charge >= 0.3 is 6.03 Å². The molecular weight excluding hydrogens is 238 g/mol. The molecule has 102 valence electrons. The Balaban J connectivity index is 1.55. The van der Waals surface area contributed by atoms with Crippen LogP contribution in [-0.2, 0) is 13.0 Å². The molecule has 0 aliphatic carbocycles. The minimum atomic E-state index is 0.0798. The summed E-state index contributed by atoms with van der Waals surface area (Å²) in [7, 11) is 0. The summed E-state index contributed by atoms with van der Waals surface area (Å²) < 4.78 is 0. The van der Waals surface area contributed by atoms with Crippen molar-refractivity contribution in [1.82, 2.24) is 15.1 Å². The molecule has 0 spiro atoms. The summed E-state index contributed by atoms with van der Waals surface area (Å²) in [5.74, 6) is 0. The molecule has 1 aromatic rings. The number of carbonyl (C=O) groups is 1. The molecule has 0 atom stereocenters. The van der Waals surface area contributed by atoms with E-state index in [1.807, 2.05) is 11.8 Å². The zero-order valence-corrected chi connectivity index (χ0v) is 11.4. The first-order chi connectivity index (χ1) is 9.28. The van der Waals surface area contributed by atoms with E-state index >= 15 is 0 Å². The van der Waals surface area contributed by atoms with Gasteiger partial charge in [0.1, 0.15) is 0 Å². The van der Waals surface area contributed by atoms with Crippen molar-refractivity contribution in [2.24, 2.45) is 0 Å². The number of likely N-dealkylation sites (tertiary alicyclic amines) is 1. The third-order valence-corrected chi connectivity index (χ3v) is 4.15. The number of urea groups is 1. The smallest absolute Gasteiger partial charge is 0.317 e. The molecule has 1 N–H and O–H groups in total. The Bertz CT molecular complexity index is 468. The minimum absolute atomic E-state index is 0.0798. The van der Waals surface area contributed by atoms with Crippen LogP contribution in [0, 0.1) is 0 Å². The molecule has 2 aliphatic heterocycles. The van der Waals surface area contributed by atoms with Gasteiger partial charge in [-0.1, -0.05) is 24.3 Å². The third kappa shape index (κ3) is 2.45. The van der Waals surface area contributed by atoms with E-state index in [2.05, 4.69) is 34.5 Å². The predicted octanol–water partition coefficient (Wildman–Crippen LogP) is 1.46. The molecule has 19 heavy (non-hydrogen) atoms. The second-order valence-electron chi connectivity index (χ2n) is 5.38. The quantitative estimate of drug-likeness (QED) is 0.873. The number of nitrogens with one attached hydrogen (secondary N) is 1. The molecule has 1 saturated heterocycles. The van der Waals surface area contributed by atoms with Gasteiger partial charge in [0.25, 0.3) is 0 Å². The lowest BCUT2D eigenvalue weighted by atomic mass is 9.97. The van der Waals surface area contributed by atoms with Crippen LogP contribution in [0.25, 0.3) is 0 Å². The lowest BCUT2D eigenvalue weighted by Crippen LogP contribution is -2.63. The number of carbonyl (C=O) groups excluding carboxylic acids is 1. The molecule has 0 saturated carbocycles. The molecule has 4 nitrogen and oxygen atoms in total. The topological polar surface area (TPSA) is 35.6 Å². The summed E-state index contributed by atoms with van der Waals surface area (Å²) in [6.07, 6.45) is 1.13. The molecule has 2 heterocycles. The fourth-order valence-corrected chi connectivity index (χ4v) is 2.94. The first-order valence-electron chi connectivity index (χ1n) is 7.11. The zero-order chi connectivity index (χ0) is 13.2. The summed E-state index contributed by atoms with van der Waals surface area (Å²) in [6.45, 7) is 6.55. The molecule has 0 bridgehead atoms. The second-order valence-corrected chi connectivity index (χ2v) is 5.38. The molecule has 1 fully saturated rings. The maximum atomic E-state index is 11.6. The van der Waals surface area contributed by atoms with Gasteiger partial charge in [0.2, 0.25) is 0 Å². The van der Waals surface area contributed by atoms with E-state index in [0.29, 0.717) is 12.6 Å². The molecule has 0 aromatic heterocycles. The van der Waals surface area contributed by atoms with Crippen molar-refractivity contribution in [3.63, 3.8) is 0 Å². The van der Waals surface area contributed by atoms with Crippen molar-refractivity contribution < 1.29 is 4.79 Å². The molecular formula is C15H21N3O. The van der Waals surface area contributed by atoms with Crippen molar-refractivity contribution in [2.75, 3.05) is 26.2 Å². The average molecular weight is 259 g/mol. The summed E-state index contributed by atoms with van der Waals surface area (Å²) in [4.78, 5) is 16.1. The highest BCUT2D eigenvalue weighted by Gasteiger charge is 2.35. The maximum absolute atomic E-state index is 11.6. The van der Waals surface area contributed by atoms with Crippen LogP contribution >= 0.6 is 0 Å². The number of rotatable bonds is 2. The molecule has 0 unspecified atom stereocenters. The monoisotopic (exact) mass is 259 g/mol. The molecule has 2 aliphatic rings. The zero-order valence-electron chi connectivity index (χ0n) is 11.4. The first-order valence-corrected chi connectivity index (χ1v) is 7.11. The van der Waals surface area contributed by atoms with Crippen molar-refractivity contribution in [3.8, 4) is 0 Å². The summed E-state index contributed by atoms with van der Waals surface area (Å²) in [5.41, 5.74) is 2.93. The van der Waals surface area contributed by atoms with Crippen LogP contribution in [0.3, 0.4) is 0 Å². The Morgan fingerprint density at radius 3 is 2.79 bits per heavy atom. The fourth-order valence-electron chi connectivity index (χ4n) is 2.94. The SMILES string of the molecule is CCNC(=O)N1CC(N2CCc3ccccc3C2)C1. The third-order valence-electron chi connectivity index (χ3n) is 4.15. The van der Waals surface area contributed by atoms with E-state index in [-0.39, 0.29) is 6.03 Å². The number of hydrogen-bond donors (Lipinski definition) is 1. The molecule has 3 rings (SSSR count). The summed E-state index contributed by atoms with van der Waals surface area (Å²) in [5, 5.41) is 2.86. The van der Waals surface area contributed by atoms with E-state index in [1.165, 1.54) is 11.1 Å². The van der Waals surface area contributed by atoms with Crippen molar-refractivity contribution in [2.45, 2.75) is 25.9 Å². The first kappa shape index (κ1) is 12.5. The highest BCUT2D eigenvalue weighted by molar-refractivity contribution is 5.75. The standard InChI is InChI=1S/C15H21N3O/c1-2-16-15(19)18-10-14(11-18)17-8-7-12-5-3-4-6-13(12)9-17/h3-6,14H,2,7-11H2,1H3,(H,16,19). The fraction of sp³-hybridized carbons (Fsp3) is 0.533. The Kier molecular flexibility index (Phi) is 3.42. The van der Waals surface area contributed by atoms with Crippen LogP contribution in [-0.4, -0.2) is 48.1 Å². The Morgan fingerprint density at radius 2 is 2.05 bits per heavy atom. The van der Waals surface area contributed by atoms with E-state index in [4.69, 9.17) is 0 Å². The van der Waals surface area contributed by atoms with Crippen LogP contribution in [0.5, 0.6) is 0 Å². The second kappa shape index (κ2) is 5.21. The summed E-state index contributed by atoms with van der Waals surface area (Å²) >= 11 is 0. The molecule has 2 amide bonds. The Hall–Kier alpha value is -1.55. The van der Waals surface area contributed by atoms with E-state index < -0.39 is 0 Å². The van der Waals surface area contributed by atoms with Crippen LogP contribution in [0.2, 0.25) is 0 Å². The Labute approximate surface area is 114 Å². The highest BCUT2D eigenvalue weighted by Crippen LogP contribution is 2.24. The van der Waals surface area contributed by atoms with Gasteiger partial charge in [-0.25, -0.2) is 4.79 Å². The van der Waals surface area contributed by atoms with Crippen LogP contribution in [0.1, 0.15) is 18.1 Å². The molecule has 1 aromatic carbocycles. The van der Waals surface area contributed by atoms with Gasteiger partial charge < -0.3 is 10.2 Å². The van der Waals surface area contributed by atoms with Crippen LogP contribution in [0.4, 0.5) is 4.79 Å². The van der Waals surface area contributed by atoms with Crippen molar-refractivity contribution >= 4 is 6.03 Å². The van der Waals surface area contributed by atoms with Gasteiger partial charge in [-0.3, -0.25) is 4.90 Å². The van der Waals surface area contributed by atoms with Crippen molar-refractivity contribution in [3.05, 3.63) is 35.4 Å². The number of hydrogen-bond acceptors (Lipinski definition) is 2. The highest BCUT2D eigenvalue weighted by atomic mass is 16.2. The normalized spacial score (nSPS) is 19.7. The molecule has 0 radical (unpaired) electrons. The lowest BCUT2D eigenvalue weighted by molar-refractivity contribution is 0.0485. The van der Waals surface area contributed by atoms with Gasteiger partial charge in [-0.05, 0) is 24.5 Å². The number of benzene rings is 1.